The molecule has 1 saturated carbocycles. The van der Waals surface area contributed by atoms with E-state index in [1.807, 2.05) is 36.4 Å². The zero-order valence-corrected chi connectivity index (χ0v) is 17.0. The summed E-state index contributed by atoms with van der Waals surface area (Å²) in [6, 6.07) is 15.1. The van der Waals surface area contributed by atoms with Gasteiger partial charge in [0, 0.05) is 29.7 Å². The number of nitrogens with zero attached hydrogens (tertiary/aromatic N) is 1. The van der Waals surface area contributed by atoms with E-state index in [1.54, 1.807) is 17.0 Å². The minimum atomic E-state index is -0.115. The van der Waals surface area contributed by atoms with Gasteiger partial charge in [0.25, 0.3) is 5.91 Å². The van der Waals surface area contributed by atoms with Crippen LogP contribution in [0.5, 0.6) is 5.75 Å². The number of hydrogen-bond acceptors (Lipinski definition) is 3. The first kappa shape index (κ1) is 19.8. The molecule has 0 radical (unpaired) electrons. The Kier molecular flexibility index (Phi) is 6.05. The molecule has 2 fully saturated rings. The van der Waals surface area contributed by atoms with Crippen molar-refractivity contribution >= 4 is 23.4 Å². The molecule has 0 spiro atoms. The molecule has 1 N–H and O–H groups in total. The van der Waals surface area contributed by atoms with Crippen LogP contribution < -0.4 is 10.1 Å². The quantitative estimate of drug-likeness (QED) is 0.778. The molecular formula is C23H25ClN2O3. The van der Waals surface area contributed by atoms with E-state index in [9.17, 15) is 9.59 Å². The summed E-state index contributed by atoms with van der Waals surface area (Å²) in [6.45, 7) is 1.54. The molecule has 5 nitrogen and oxygen atoms in total. The first-order valence-electron chi connectivity index (χ1n) is 10.2. The Bertz CT molecular complexity index is 897. The second-order valence-corrected chi connectivity index (χ2v) is 8.26. The molecule has 4 rings (SSSR count). The van der Waals surface area contributed by atoms with Gasteiger partial charge in [-0.05, 0) is 61.6 Å². The second kappa shape index (κ2) is 8.87. The van der Waals surface area contributed by atoms with E-state index in [4.69, 9.17) is 16.3 Å². The van der Waals surface area contributed by atoms with Crippen LogP contribution in [-0.2, 0) is 11.4 Å². The summed E-state index contributed by atoms with van der Waals surface area (Å²) in [5.74, 6) is 0.553. The van der Waals surface area contributed by atoms with Gasteiger partial charge in [-0.3, -0.25) is 9.59 Å². The van der Waals surface area contributed by atoms with Gasteiger partial charge in [-0.15, -0.1) is 0 Å². The minimum absolute atomic E-state index is 0.0536. The van der Waals surface area contributed by atoms with E-state index in [0.29, 0.717) is 42.1 Å². The van der Waals surface area contributed by atoms with E-state index in [-0.39, 0.29) is 17.7 Å². The van der Waals surface area contributed by atoms with E-state index in [0.717, 1.165) is 31.2 Å². The van der Waals surface area contributed by atoms with Gasteiger partial charge in [-0.2, -0.15) is 0 Å². The SMILES string of the molecule is O=C(NC1CC1)C1CCCN(C(=O)c2cccc(OCc3cccc(Cl)c3)c2)C1. The molecule has 6 heteroatoms. The third-order valence-corrected chi connectivity index (χ3v) is 5.61. The maximum absolute atomic E-state index is 13.0. The van der Waals surface area contributed by atoms with Crippen molar-refractivity contribution in [2.24, 2.45) is 5.92 Å². The molecular weight excluding hydrogens is 388 g/mol. The topological polar surface area (TPSA) is 58.6 Å². The van der Waals surface area contributed by atoms with Crippen LogP contribution >= 0.6 is 11.6 Å². The van der Waals surface area contributed by atoms with E-state index >= 15 is 0 Å². The molecule has 2 aromatic rings. The lowest BCUT2D eigenvalue weighted by molar-refractivity contribution is -0.126. The Labute approximate surface area is 176 Å². The van der Waals surface area contributed by atoms with Gasteiger partial charge in [0.05, 0.1) is 5.92 Å². The number of likely N-dealkylation sites (tertiary alicyclic amines) is 1. The predicted molar refractivity (Wildman–Crippen MR) is 112 cm³/mol. The van der Waals surface area contributed by atoms with E-state index in [1.165, 1.54) is 0 Å². The summed E-state index contributed by atoms with van der Waals surface area (Å²) < 4.78 is 5.84. The average molecular weight is 413 g/mol. The van der Waals surface area contributed by atoms with Crippen LogP contribution in [0.2, 0.25) is 5.02 Å². The second-order valence-electron chi connectivity index (χ2n) is 7.82. The maximum Gasteiger partial charge on any atom is 0.254 e. The van der Waals surface area contributed by atoms with Crippen LogP contribution in [0.1, 0.15) is 41.6 Å². The van der Waals surface area contributed by atoms with Crippen molar-refractivity contribution in [1.29, 1.82) is 0 Å². The molecule has 2 aromatic carbocycles. The first-order chi connectivity index (χ1) is 14.1. The van der Waals surface area contributed by atoms with Gasteiger partial charge >= 0.3 is 0 Å². The smallest absolute Gasteiger partial charge is 0.254 e. The average Bonchev–Trinajstić information content (AvgIpc) is 3.56. The summed E-state index contributed by atoms with van der Waals surface area (Å²) in [6.07, 6.45) is 3.83. The molecule has 1 aliphatic carbocycles. The molecule has 1 heterocycles. The molecule has 1 atom stereocenters. The lowest BCUT2D eigenvalue weighted by Gasteiger charge is -2.32. The standard InChI is InChI=1S/C23H25ClN2O3/c24-19-7-1-4-16(12-19)15-29-21-8-2-5-17(13-21)23(28)26-11-3-6-18(14-26)22(27)25-20-9-10-20/h1-2,4-5,7-8,12-13,18,20H,3,6,9-11,14-15H2,(H,25,27). The van der Waals surface area contributed by atoms with Gasteiger partial charge in [0.1, 0.15) is 12.4 Å². The fraction of sp³-hybridized carbons (Fsp3) is 0.391. The number of nitrogens with one attached hydrogen (secondary N) is 1. The molecule has 1 aliphatic heterocycles. The van der Waals surface area contributed by atoms with Crippen LogP contribution in [0.25, 0.3) is 0 Å². The van der Waals surface area contributed by atoms with E-state index < -0.39 is 0 Å². The number of benzene rings is 2. The molecule has 0 bridgehead atoms. The lowest BCUT2D eigenvalue weighted by Crippen LogP contribution is -2.45. The highest BCUT2D eigenvalue weighted by Gasteiger charge is 2.32. The Balaban J connectivity index is 1.37. The number of halogens is 1. The van der Waals surface area contributed by atoms with Crippen LogP contribution in [-0.4, -0.2) is 35.8 Å². The summed E-state index contributed by atoms with van der Waals surface area (Å²) in [5, 5.41) is 3.73. The zero-order chi connectivity index (χ0) is 20.2. The monoisotopic (exact) mass is 412 g/mol. The van der Waals surface area contributed by atoms with Crippen molar-refractivity contribution in [3.63, 3.8) is 0 Å². The van der Waals surface area contributed by atoms with E-state index in [2.05, 4.69) is 5.32 Å². The van der Waals surface area contributed by atoms with Crippen molar-refractivity contribution in [2.75, 3.05) is 13.1 Å². The normalized spacial score (nSPS) is 18.9. The summed E-state index contributed by atoms with van der Waals surface area (Å²) in [5.41, 5.74) is 1.55. The van der Waals surface area contributed by atoms with Crippen molar-refractivity contribution in [2.45, 2.75) is 38.3 Å². The zero-order valence-electron chi connectivity index (χ0n) is 16.3. The van der Waals surface area contributed by atoms with Gasteiger partial charge in [-0.25, -0.2) is 0 Å². The van der Waals surface area contributed by atoms with Crippen LogP contribution in [0.3, 0.4) is 0 Å². The largest absolute Gasteiger partial charge is 0.489 e. The van der Waals surface area contributed by atoms with Crippen LogP contribution in [0, 0.1) is 5.92 Å². The Hall–Kier alpha value is -2.53. The molecule has 2 amide bonds. The number of piperidine rings is 1. The maximum atomic E-state index is 13.0. The highest BCUT2D eigenvalue weighted by atomic mass is 35.5. The van der Waals surface area contributed by atoms with Gasteiger partial charge < -0.3 is 15.0 Å². The molecule has 2 aliphatic rings. The Morgan fingerprint density at radius 3 is 2.72 bits per heavy atom. The van der Waals surface area contributed by atoms with Gasteiger partial charge in [0.2, 0.25) is 5.91 Å². The van der Waals surface area contributed by atoms with Crippen molar-refractivity contribution < 1.29 is 14.3 Å². The fourth-order valence-electron chi connectivity index (χ4n) is 3.62. The third kappa shape index (κ3) is 5.30. The predicted octanol–water partition coefficient (Wildman–Crippen LogP) is 4.05. The fourth-order valence-corrected chi connectivity index (χ4v) is 3.83. The van der Waals surface area contributed by atoms with Crippen molar-refractivity contribution in [3.8, 4) is 5.75 Å². The number of amides is 2. The van der Waals surface area contributed by atoms with Crippen LogP contribution in [0.4, 0.5) is 0 Å². The van der Waals surface area contributed by atoms with Gasteiger partial charge in [0.15, 0.2) is 0 Å². The van der Waals surface area contributed by atoms with Crippen molar-refractivity contribution in [1.82, 2.24) is 10.2 Å². The highest BCUT2D eigenvalue weighted by molar-refractivity contribution is 6.30. The summed E-state index contributed by atoms with van der Waals surface area (Å²) >= 11 is 6.01. The number of hydrogen-bond donors (Lipinski definition) is 1. The number of carbonyl (C=O) groups excluding carboxylic acids is 2. The minimum Gasteiger partial charge on any atom is -0.489 e. The van der Waals surface area contributed by atoms with Crippen LogP contribution in [0.15, 0.2) is 48.5 Å². The summed E-state index contributed by atoms with van der Waals surface area (Å²) in [7, 11) is 0. The number of rotatable bonds is 6. The third-order valence-electron chi connectivity index (χ3n) is 5.38. The molecule has 29 heavy (non-hydrogen) atoms. The molecule has 1 saturated heterocycles. The molecule has 1 unspecified atom stereocenters. The Morgan fingerprint density at radius 2 is 1.93 bits per heavy atom. The Morgan fingerprint density at radius 1 is 1.10 bits per heavy atom. The van der Waals surface area contributed by atoms with Gasteiger partial charge in [-0.1, -0.05) is 29.8 Å². The number of ether oxygens (including phenoxy) is 1. The molecule has 0 aromatic heterocycles. The lowest BCUT2D eigenvalue weighted by atomic mass is 9.96. The highest BCUT2D eigenvalue weighted by Crippen LogP contribution is 2.24. The first-order valence-corrected chi connectivity index (χ1v) is 10.5. The number of carbonyl (C=O) groups is 2. The molecule has 152 valence electrons. The summed E-state index contributed by atoms with van der Waals surface area (Å²) in [4.78, 5) is 27.2. The van der Waals surface area contributed by atoms with Crippen molar-refractivity contribution in [3.05, 3.63) is 64.7 Å².